The summed E-state index contributed by atoms with van der Waals surface area (Å²) in [6.45, 7) is 4.49. The van der Waals surface area contributed by atoms with E-state index in [2.05, 4.69) is 10.3 Å². The number of hydrogen-bond donors (Lipinski definition) is 0. The molecular formula is C14H17ClN4O2. The fraction of sp³-hybridized carbons (Fsp3) is 0.500. The summed E-state index contributed by atoms with van der Waals surface area (Å²) >= 11 is 6.09. The molecule has 0 radical (unpaired) electrons. The van der Waals surface area contributed by atoms with Gasteiger partial charge in [-0.1, -0.05) is 16.8 Å². The van der Waals surface area contributed by atoms with E-state index >= 15 is 0 Å². The highest BCUT2D eigenvalue weighted by atomic mass is 35.5. The van der Waals surface area contributed by atoms with Gasteiger partial charge in [-0.05, 0) is 26.7 Å². The fourth-order valence-electron chi connectivity index (χ4n) is 3.06. The molecule has 1 amide bonds. The summed E-state index contributed by atoms with van der Waals surface area (Å²) in [4.78, 5) is 14.7. The topological polar surface area (TPSA) is 64.2 Å². The zero-order valence-corrected chi connectivity index (χ0v) is 13.0. The van der Waals surface area contributed by atoms with Gasteiger partial charge in [0.25, 0.3) is 5.91 Å². The maximum absolute atomic E-state index is 12.8. The zero-order chi connectivity index (χ0) is 15.1. The van der Waals surface area contributed by atoms with Crippen molar-refractivity contribution >= 4 is 17.5 Å². The van der Waals surface area contributed by atoms with Gasteiger partial charge in [-0.3, -0.25) is 9.48 Å². The summed E-state index contributed by atoms with van der Waals surface area (Å²) in [7, 11) is 1.72. The Hall–Kier alpha value is -1.82. The van der Waals surface area contributed by atoms with E-state index in [-0.39, 0.29) is 11.9 Å². The first kappa shape index (κ1) is 14.1. The van der Waals surface area contributed by atoms with Crippen LogP contribution < -0.4 is 0 Å². The van der Waals surface area contributed by atoms with Gasteiger partial charge >= 0.3 is 0 Å². The van der Waals surface area contributed by atoms with E-state index in [4.69, 9.17) is 16.1 Å². The molecule has 7 heteroatoms. The molecule has 0 spiro atoms. The SMILES string of the molecule is Cc1noc(C)c1C1CCCN1C(=O)c1c(Cl)cnn1C. The van der Waals surface area contributed by atoms with E-state index in [9.17, 15) is 4.79 Å². The van der Waals surface area contributed by atoms with Crippen molar-refractivity contribution in [3.8, 4) is 0 Å². The summed E-state index contributed by atoms with van der Waals surface area (Å²) in [5.74, 6) is 0.677. The monoisotopic (exact) mass is 308 g/mol. The maximum atomic E-state index is 12.8. The first-order valence-electron chi connectivity index (χ1n) is 6.92. The van der Waals surface area contributed by atoms with Gasteiger partial charge in [0.2, 0.25) is 0 Å². The highest BCUT2D eigenvalue weighted by molar-refractivity contribution is 6.33. The van der Waals surface area contributed by atoms with Crippen molar-refractivity contribution in [2.45, 2.75) is 32.7 Å². The van der Waals surface area contributed by atoms with Gasteiger partial charge in [-0.15, -0.1) is 0 Å². The second-order valence-corrected chi connectivity index (χ2v) is 5.77. The van der Waals surface area contributed by atoms with E-state index in [0.29, 0.717) is 17.3 Å². The summed E-state index contributed by atoms with van der Waals surface area (Å²) in [5, 5.41) is 8.42. The number of nitrogens with zero attached hydrogens (tertiary/aromatic N) is 4. The van der Waals surface area contributed by atoms with Crippen LogP contribution in [0.3, 0.4) is 0 Å². The zero-order valence-electron chi connectivity index (χ0n) is 12.3. The van der Waals surface area contributed by atoms with E-state index in [1.165, 1.54) is 10.9 Å². The second-order valence-electron chi connectivity index (χ2n) is 5.36. The Labute approximate surface area is 127 Å². The van der Waals surface area contributed by atoms with Crippen LogP contribution >= 0.6 is 11.6 Å². The van der Waals surface area contributed by atoms with Gasteiger partial charge in [0.15, 0.2) is 0 Å². The van der Waals surface area contributed by atoms with Gasteiger partial charge in [0.1, 0.15) is 11.5 Å². The van der Waals surface area contributed by atoms with Crippen molar-refractivity contribution in [2.24, 2.45) is 7.05 Å². The number of carbonyl (C=O) groups is 1. The van der Waals surface area contributed by atoms with E-state index < -0.39 is 0 Å². The third kappa shape index (κ3) is 2.23. The molecule has 0 N–H and O–H groups in total. The van der Waals surface area contributed by atoms with Crippen molar-refractivity contribution in [1.29, 1.82) is 0 Å². The van der Waals surface area contributed by atoms with E-state index in [1.54, 1.807) is 7.05 Å². The predicted octanol–water partition coefficient (Wildman–Crippen LogP) is 2.66. The highest BCUT2D eigenvalue weighted by Gasteiger charge is 2.35. The van der Waals surface area contributed by atoms with Crippen LogP contribution in [0.1, 0.15) is 46.4 Å². The number of rotatable bonds is 2. The van der Waals surface area contributed by atoms with Crippen LogP contribution in [0, 0.1) is 13.8 Å². The van der Waals surface area contributed by atoms with Gasteiger partial charge in [-0.25, -0.2) is 0 Å². The number of amides is 1. The van der Waals surface area contributed by atoms with Crippen molar-refractivity contribution < 1.29 is 9.32 Å². The Morgan fingerprint density at radius 3 is 2.81 bits per heavy atom. The quantitative estimate of drug-likeness (QED) is 0.855. The van der Waals surface area contributed by atoms with Crippen LogP contribution in [0.15, 0.2) is 10.7 Å². The minimum Gasteiger partial charge on any atom is -0.361 e. The maximum Gasteiger partial charge on any atom is 0.274 e. The van der Waals surface area contributed by atoms with Crippen LogP contribution in [0.5, 0.6) is 0 Å². The molecule has 112 valence electrons. The van der Waals surface area contributed by atoms with Crippen LogP contribution in [0.4, 0.5) is 0 Å². The molecule has 1 fully saturated rings. The summed E-state index contributed by atoms with van der Waals surface area (Å²) in [5.41, 5.74) is 2.28. The molecule has 0 bridgehead atoms. The lowest BCUT2D eigenvalue weighted by molar-refractivity contribution is 0.0723. The van der Waals surface area contributed by atoms with Crippen LogP contribution in [-0.2, 0) is 7.05 Å². The number of carbonyl (C=O) groups excluding carboxylic acids is 1. The Kier molecular flexibility index (Phi) is 3.49. The molecule has 0 aliphatic carbocycles. The van der Waals surface area contributed by atoms with Crippen molar-refractivity contribution in [1.82, 2.24) is 19.8 Å². The fourth-order valence-corrected chi connectivity index (χ4v) is 3.31. The normalized spacial score (nSPS) is 18.5. The van der Waals surface area contributed by atoms with E-state index in [1.807, 2.05) is 18.7 Å². The number of hydrogen-bond acceptors (Lipinski definition) is 4. The molecule has 0 aromatic carbocycles. The molecule has 3 rings (SSSR count). The first-order valence-corrected chi connectivity index (χ1v) is 7.29. The van der Waals surface area contributed by atoms with Crippen LogP contribution in [-0.4, -0.2) is 32.3 Å². The molecule has 2 aromatic rings. The molecule has 6 nitrogen and oxygen atoms in total. The third-order valence-electron chi connectivity index (χ3n) is 4.03. The lowest BCUT2D eigenvalue weighted by Crippen LogP contribution is -2.32. The van der Waals surface area contributed by atoms with Gasteiger partial charge < -0.3 is 9.42 Å². The Morgan fingerprint density at radius 1 is 1.48 bits per heavy atom. The minimum absolute atomic E-state index is 0.00489. The predicted molar refractivity (Wildman–Crippen MR) is 77.2 cm³/mol. The first-order chi connectivity index (χ1) is 10.0. The largest absolute Gasteiger partial charge is 0.361 e. The molecule has 2 aromatic heterocycles. The smallest absolute Gasteiger partial charge is 0.274 e. The average molecular weight is 309 g/mol. The molecule has 0 saturated carbocycles. The molecule has 3 heterocycles. The average Bonchev–Trinajstić information content (AvgIpc) is 3.11. The Bertz CT molecular complexity index is 652. The highest BCUT2D eigenvalue weighted by Crippen LogP contribution is 2.37. The number of aromatic nitrogens is 3. The molecule has 1 unspecified atom stereocenters. The Morgan fingerprint density at radius 2 is 2.24 bits per heavy atom. The van der Waals surface area contributed by atoms with Crippen molar-refractivity contribution in [3.63, 3.8) is 0 Å². The third-order valence-corrected chi connectivity index (χ3v) is 4.31. The molecule has 1 aliphatic rings. The molecule has 21 heavy (non-hydrogen) atoms. The summed E-state index contributed by atoms with van der Waals surface area (Å²) < 4.78 is 6.76. The summed E-state index contributed by atoms with van der Waals surface area (Å²) in [6.07, 6.45) is 3.36. The van der Waals surface area contributed by atoms with Crippen LogP contribution in [0.25, 0.3) is 0 Å². The Balaban J connectivity index is 1.97. The number of aryl methyl sites for hydroxylation is 3. The second kappa shape index (κ2) is 5.18. The van der Waals surface area contributed by atoms with Crippen molar-refractivity contribution in [2.75, 3.05) is 6.54 Å². The number of likely N-dealkylation sites (tertiary alicyclic amines) is 1. The molecular weight excluding hydrogens is 292 g/mol. The molecule has 1 saturated heterocycles. The van der Waals surface area contributed by atoms with Gasteiger partial charge in [0.05, 0.1) is 23.0 Å². The standard InChI is InChI=1S/C14H17ClN4O2/c1-8-12(9(2)21-17-8)11-5-4-6-19(11)14(20)13-10(15)7-16-18(13)3/h7,11H,4-6H2,1-3H3. The molecule has 1 aliphatic heterocycles. The lowest BCUT2D eigenvalue weighted by atomic mass is 10.0. The van der Waals surface area contributed by atoms with Gasteiger partial charge in [0, 0.05) is 19.2 Å². The molecule has 1 atom stereocenters. The van der Waals surface area contributed by atoms with Gasteiger partial charge in [-0.2, -0.15) is 5.10 Å². The minimum atomic E-state index is -0.0949. The van der Waals surface area contributed by atoms with Crippen LogP contribution in [0.2, 0.25) is 5.02 Å². The van der Waals surface area contributed by atoms with Crippen molar-refractivity contribution in [3.05, 3.63) is 33.9 Å². The van der Waals surface area contributed by atoms with E-state index in [0.717, 1.165) is 29.9 Å². The summed E-state index contributed by atoms with van der Waals surface area (Å²) in [6, 6.07) is -0.00489. The lowest BCUT2D eigenvalue weighted by Gasteiger charge is -2.24. The number of halogens is 1.